The molecule has 0 aromatic carbocycles. The standard InChI is InChI=1S/C3H6OP2/c1-3(5-2)6-4/h3H,2H2,1H3. The smallest absolute Gasteiger partial charge is 0.167 e. The zero-order chi connectivity index (χ0) is 4.99. The minimum atomic E-state index is 0.203. The van der Waals surface area contributed by atoms with Crippen molar-refractivity contribution in [3.05, 3.63) is 0 Å². The molecule has 1 atom stereocenters. The van der Waals surface area contributed by atoms with Crippen molar-refractivity contribution in [1.82, 2.24) is 0 Å². The average Bonchev–Trinajstić information content (AvgIpc) is 1.65. The van der Waals surface area contributed by atoms with Gasteiger partial charge in [-0.3, -0.25) is 4.57 Å². The first-order chi connectivity index (χ1) is 2.81. The summed E-state index contributed by atoms with van der Waals surface area (Å²) in [5.41, 5.74) is 0. The minimum absolute atomic E-state index is 0.203. The molecule has 34 valence electrons. The van der Waals surface area contributed by atoms with Gasteiger partial charge in [0.25, 0.3) is 0 Å². The number of hydrogen-bond donors (Lipinski definition) is 0. The molecule has 0 aromatic heterocycles. The molecule has 0 fully saturated rings. The number of rotatable bonds is 2. The first kappa shape index (κ1) is 6.27. The molecule has 0 N–H and O–H groups in total. The van der Waals surface area contributed by atoms with E-state index in [4.69, 9.17) is 0 Å². The second kappa shape index (κ2) is 3.46. The van der Waals surface area contributed by atoms with E-state index in [9.17, 15) is 4.57 Å². The van der Waals surface area contributed by atoms with Crippen LogP contribution in [0.15, 0.2) is 0 Å². The summed E-state index contributed by atoms with van der Waals surface area (Å²) in [5.74, 6) is 0. The van der Waals surface area contributed by atoms with Gasteiger partial charge in [0, 0.05) is 0 Å². The molecular formula is C3H6OP2. The normalized spacial score (nSPS) is 15.5. The molecule has 0 rings (SSSR count). The zero-order valence-corrected chi connectivity index (χ0v) is 5.38. The molecule has 0 bridgehead atoms. The molecule has 1 nitrogen and oxygen atoms in total. The molecule has 0 saturated carbocycles. The zero-order valence-electron chi connectivity index (χ0n) is 3.59. The Labute approximate surface area is 40.8 Å². The molecule has 1 unspecified atom stereocenters. The van der Waals surface area contributed by atoms with Crippen molar-refractivity contribution in [2.45, 2.75) is 12.3 Å². The van der Waals surface area contributed by atoms with E-state index in [0.29, 0.717) is 0 Å². The van der Waals surface area contributed by atoms with Crippen LogP contribution in [0.1, 0.15) is 6.92 Å². The van der Waals surface area contributed by atoms with Crippen molar-refractivity contribution in [3.63, 3.8) is 0 Å². The van der Waals surface area contributed by atoms with Crippen LogP contribution in [0.4, 0.5) is 0 Å². The fraction of sp³-hybridized carbons (Fsp3) is 0.667. The van der Waals surface area contributed by atoms with Gasteiger partial charge in [-0.1, -0.05) is 14.5 Å². The lowest BCUT2D eigenvalue weighted by molar-refractivity contribution is 0.598. The van der Waals surface area contributed by atoms with Gasteiger partial charge < -0.3 is 0 Å². The van der Waals surface area contributed by atoms with Crippen LogP contribution in [0, 0.1) is 0 Å². The predicted molar refractivity (Wildman–Crippen MR) is 31.1 cm³/mol. The van der Waals surface area contributed by atoms with E-state index in [-0.39, 0.29) is 13.9 Å². The molecule has 0 aromatic rings. The van der Waals surface area contributed by atoms with Crippen molar-refractivity contribution in [2.75, 3.05) is 0 Å². The van der Waals surface area contributed by atoms with Crippen LogP contribution >= 0.6 is 16.7 Å². The molecule has 3 heteroatoms. The molecule has 0 aliphatic carbocycles. The highest BCUT2D eigenvalue weighted by molar-refractivity contribution is 7.50. The lowest BCUT2D eigenvalue weighted by Crippen LogP contribution is -1.67. The monoisotopic (exact) mass is 120 g/mol. The Hall–Kier alpha value is 0.270. The largest absolute Gasteiger partial charge is 0.274 e. The van der Waals surface area contributed by atoms with Crippen LogP contribution in [0.25, 0.3) is 0 Å². The van der Waals surface area contributed by atoms with E-state index < -0.39 is 0 Å². The lowest BCUT2D eigenvalue weighted by atomic mass is 11.0. The summed E-state index contributed by atoms with van der Waals surface area (Å²) >= 11 is 0. The SMILES string of the molecule is C=PC(C)P=O. The van der Waals surface area contributed by atoms with E-state index in [1.807, 2.05) is 6.92 Å². The lowest BCUT2D eigenvalue weighted by Gasteiger charge is -1.80. The summed E-state index contributed by atoms with van der Waals surface area (Å²) in [4.78, 5) is 0. The Kier molecular flexibility index (Phi) is 3.62. The molecule has 0 amide bonds. The summed E-state index contributed by atoms with van der Waals surface area (Å²) < 4.78 is 9.79. The average molecular weight is 120 g/mol. The summed E-state index contributed by atoms with van der Waals surface area (Å²) in [6.45, 7) is 1.88. The summed E-state index contributed by atoms with van der Waals surface area (Å²) in [7, 11) is 1.16. The molecule has 0 radical (unpaired) electrons. The van der Waals surface area contributed by atoms with Gasteiger partial charge in [0.1, 0.15) is 0 Å². The second-order valence-corrected chi connectivity index (χ2v) is 3.45. The van der Waals surface area contributed by atoms with Crippen molar-refractivity contribution in [2.24, 2.45) is 0 Å². The Morgan fingerprint density at radius 1 is 1.83 bits per heavy atom. The fourth-order valence-corrected chi connectivity index (χ4v) is 0.300. The van der Waals surface area contributed by atoms with E-state index >= 15 is 0 Å². The molecule has 0 aliphatic heterocycles. The third-order valence-electron chi connectivity index (χ3n) is 0.417. The van der Waals surface area contributed by atoms with E-state index in [1.165, 1.54) is 0 Å². The maximum absolute atomic E-state index is 9.79. The minimum Gasteiger partial charge on any atom is -0.274 e. The Morgan fingerprint density at radius 2 is 2.33 bits per heavy atom. The highest BCUT2D eigenvalue weighted by Crippen LogP contribution is 2.15. The highest BCUT2D eigenvalue weighted by atomic mass is 31.1. The summed E-state index contributed by atoms with van der Waals surface area (Å²) in [5, 5.41) is 0.213. The topological polar surface area (TPSA) is 17.1 Å². The third kappa shape index (κ3) is 2.50. The van der Waals surface area contributed by atoms with Crippen LogP contribution < -0.4 is 0 Å². The van der Waals surface area contributed by atoms with Crippen LogP contribution in [-0.2, 0) is 4.57 Å². The molecule has 0 aliphatic rings. The van der Waals surface area contributed by atoms with Gasteiger partial charge in [-0.2, -0.15) is 0 Å². The predicted octanol–water partition coefficient (Wildman–Crippen LogP) is 2.00. The van der Waals surface area contributed by atoms with Gasteiger partial charge in [-0.25, -0.2) is 0 Å². The van der Waals surface area contributed by atoms with Crippen molar-refractivity contribution in [1.29, 1.82) is 0 Å². The van der Waals surface area contributed by atoms with Gasteiger partial charge in [-0.05, 0) is 6.92 Å². The van der Waals surface area contributed by atoms with Gasteiger partial charge in [-0.15, -0.1) is 0 Å². The molecule has 0 heterocycles. The van der Waals surface area contributed by atoms with Gasteiger partial charge in [0.15, 0.2) is 8.46 Å². The Balaban J connectivity index is 3.21. The van der Waals surface area contributed by atoms with Crippen LogP contribution in [-0.4, -0.2) is 11.7 Å². The molecule has 0 saturated heterocycles. The first-order valence-corrected chi connectivity index (χ1v) is 3.62. The maximum Gasteiger partial charge on any atom is 0.167 e. The Morgan fingerprint density at radius 3 is 2.33 bits per heavy atom. The molecule has 0 spiro atoms. The van der Waals surface area contributed by atoms with E-state index in [0.717, 1.165) is 8.20 Å². The quantitative estimate of drug-likeness (QED) is 0.509. The Bertz CT molecular complexity index is 53.8. The van der Waals surface area contributed by atoms with Crippen LogP contribution in [0.2, 0.25) is 0 Å². The van der Waals surface area contributed by atoms with Crippen molar-refractivity contribution in [3.8, 4) is 0 Å². The van der Waals surface area contributed by atoms with E-state index in [1.54, 1.807) is 0 Å². The summed E-state index contributed by atoms with van der Waals surface area (Å²) in [6.07, 6.45) is 3.52. The highest BCUT2D eigenvalue weighted by Gasteiger charge is 1.87. The van der Waals surface area contributed by atoms with Crippen LogP contribution in [0.3, 0.4) is 0 Å². The second-order valence-electron chi connectivity index (χ2n) is 0.920. The van der Waals surface area contributed by atoms with Gasteiger partial charge in [0.05, 0.1) is 5.40 Å². The molecular weight excluding hydrogens is 114 g/mol. The first-order valence-electron chi connectivity index (χ1n) is 1.59. The maximum atomic E-state index is 9.79. The van der Waals surface area contributed by atoms with Crippen molar-refractivity contribution >= 4 is 23.0 Å². The van der Waals surface area contributed by atoms with E-state index in [2.05, 4.69) is 6.30 Å². The molecule has 6 heavy (non-hydrogen) atoms. The summed E-state index contributed by atoms with van der Waals surface area (Å²) in [6, 6.07) is 0. The van der Waals surface area contributed by atoms with Gasteiger partial charge in [0.2, 0.25) is 0 Å². The third-order valence-corrected chi connectivity index (χ3v) is 2.02. The van der Waals surface area contributed by atoms with Crippen molar-refractivity contribution < 1.29 is 4.57 Å². The van der Waals surface area contributed by atoms with Crippen LogP contribution in [0.5, 0.6) is 0 Å². The van der Waals surface area contributed by atoms with Gasteiger partial charge >= 0.3 is 0 Å². The number of hydrogen-bond acceptors (Lipinski definition) is 1. The fourth-order valence-electron chi connectivity index (χ4n) is 0.0333.